The normalized spacial score (nSPS) is 20.4. The molecule has 1 aliphatic heterocycles. The second-order valence-corrected chi connectivity index (χ2v) is 6.39. The SMILES string of the molecule is O=C(NCCc1ccccc1)[C@@H]1CNC[C@H]1c1cccc(Cl)c1. The van der Waals surface area contributed by atoms with Crippen LogP contribution in [0.3, 0.4) is 0 Å². The lowest BCUT2D eigenvalue weighted by Crippen LogP contribution is -2.35. The molecule has 2 atom stereocenters. The van der Waals surface area contributed by atoms with Crippen LogP contribution < -0.4 is 10.6 Å². The zero-order valence-electron chi connectivity index (χ0n) is 13.0. The second-order valence-electron chi connectivity index (χ2n) is 5.95. The summed E-state index contributed by atoms with van der Waals surface area (Å²) in [4.78, 5) is 12.5. The Morgan fingerprint density at radius 2 is 1.96 bits per heavy atom. The molecule has 120 valence electrons. The smallest absolute Gasteiger partial charge is 0.225 e. The summed E-state index contributed by atoms with van der Waals surface area (Å²) in [5, 5.41) is 7.12. The van der Waals surface area contributed by atoms with Crippen molar-refractivity contribution in [1.29, 1.82) is 0 Å². The van der Waals surface area contributed by atoms with Crippen LogP contribution in [0.1, 0.15) is 17.0 Å². The van der Waals surface area contributed by atoms with Gasteiger partial charge in [0.15, 0.2) is 0 Å². The molecule has 1 fully saturated rings. The zero-order chi connectivity index (χ0) is 16.1. The predicted octanol–water partition coefficient (Wildman–Crippen LogP) is 3.00. The van der Waals surface area contributed by atoms with Gasteiger partial charge < -0.3 is 10.6 Å². The summed E-state index contributed by atoms with van der Waals surface area (Å²) in [6, 6.07) is 18.0. The predicted molar refractivity (Wildman–Crippen MR) is 93.7 cm³/mol. The van der Waals surface area contributed by atoms with E-state index in [0.29, 0.717) is 13.1 Å². The van der Waals surface area contributed by atoms with Gasteiger partial charge in [-0.3, -0.25) is 4.79 Å². The maximum absolute atomic E-state index is 12.5. The number of nitrogens with one attached hydrogen (secondary N) is 2. The molecule has 23 heavy (non-hydrogen) atoms. The molecule has 1 heterocycles. The van der Waals surface area contributed by atoms with Crippen LogP contribution in [-0.2, 0) is 11.2 Å². The third-order valence-electron chi connectivity index (χ3n) is 4.38. The first-order valence-corrected chi connectivity index (χ1v) is 8.39. The molecule has 4 heteroatoms. The summed E-state index contributed by atoms with van der Waals surface area (Å²) < 4.78 is 0. The van der Waals surface area contributed by atoms with Crippen molar-refractivity contribution in [3.05, 3.63) is 70.7 Å². The maximum Gasteiger partial charge on any atom is 0.225 e. The number of benzene rings is 2. The van der Waals surface area contributed by atoms with Crippen LogP contribution in [-0.4, -0.2) is 25.5 Å². The molecule has 1 saturated heterocycles. The number of hydrogen-bond donors (Lipinski definition) is 2. The molecule has 3 rings (SSSR count). The highest BCUT2D eigenvalue weighted by Gasteiger charge is 2.33. The van der Waals surface area contributed by atoms with Crippen LogP contribution >= 0.6 is 11.6 Å². The molecule has 0 aliphatic carbocycles. The minimum atomic E-state index is -0.0377. The first kappa shape index (κ1) is 16.0. The van der Waals surface area contributed by atoms with Crippen molar-refractivity contribution in [3.63, 3.8) is 0 Å². The van der Waals surface area contributed by atoms with E-state index in [1.165, 1.54) is 5.56 Å². The molecule has 2 aromatic carbocycles. The van der Waals surface area contributed by atoms with Crippen molar-refractivity contribution in [2.24, 2.45) is 5.92 Å². The topological polar surface area (TPSA) is 41.1 Å². The van der Waals surface area contributed by atoms with E-state index >= 15 is 0 Å². The fourth-order valence-corrected chi connectivity index (χ4v) is 3.35. The Balaban J connectivity index is 1.58. The molecule has 0 unspecified atom stereocenters. The van der Waals surface area contributed by atoms with Crippen LogP contribution in [0, 0.1) is 5.92 Å². The Morgan fingerprint density at radius 1 is 1.13 bits per heavy atom. The molecule has 1 aliphatic rings. The Bertz CT molecular complexity index is 659. The molecule has 0 aromatic heterocycles. The Hall–Kier alpha value is -1.84. The minimum Gasteiger partial charge on any atom is -0.355 e. The number of rotatable bonds is 5. The van der Waals surface area contributed by atoms with Crippen molar-refractivity contribution >= 4 is 17.5 Å². The van der Waals surface area contributed by atoms with Crippen molar-refractivity contribution in [2.45, 2.75) is 12.3 Å². The number of hydrogen-bond acceptors (Lipinski definition) is 2. The van der Waals surface area contributed by atoms with E-state index in [0.717, 1.165) is 23.6 Å². The molecule has 2 aromatic rings. The largest absolute Gasteiger partial charge is 0.355 e. The minimum absolute atomic E-state index is 0.0377. The van der Waals surface area contributed by atoms with Crippen LogP contribution in [0.15, 0.2) is 54.6 Å². The lowest BCUT2D eigenvalue weighted by molar-refractivity contribution is -0.124. The summed E-state index contributed by atoms with van der Waals surface area (Å²) in [7, 11) is 0. The fourth-order valence-electron chi connectivity index (χ4n) is 3.15. The summed E-state index contributed by atoms with van der Waals surface area (Å²) in [6.45, 7) is 2.20. The van der Waals surface area contributed by atoms with Crippen LogP contribution in [0.4, 0.5) is 0 Å². The van der Waals surface area contributed by atoms with Gasteiger partial charge >= 0.3 is 0 Å². The highest BCUT2D eigenvalue weighted by molar-refractivity contribution is 6.30. The number of carbonyl (C=O) groups excluding carboxylic acids is 1. The molecular formula is C19H21ClN2O. The van der Waals surface area contributed by atoms with Crippen LogP contribution in [0.5, 0.6) is 0 Å². The van der Waals surface area contributed by atoms with Gasteiger partial charge in [-0.05, 0) is 29.7 Å². The van der Waals surface area contributed by atoms with Gasteiger partial charge in [0.2, 0.25) is 5.91 Å². The lowest BCUT2D eigenvalue weighted by atomic mass is 9.88. The lowest BCUT2D eigenvalue weighted by Gasteiger charge is -2.19. The second kappa shape index (κ2) is 7.62. The highest BCUT2D eigenvalue weighted by Crippen LogP contribution is 2.29. The molecular weight excluding hydrogens is 308 g/mol. The maximum atomic E-state index is 12.5. The van der Waals surface area contributed by atoms with Crippen molar-refractivity contribution in [3.8, 4) is 0 Å². The quantitative estimate of drug-likeness (QED) is 0.886. The number of halogens is 1. The third kappa shape index (κ3) is 4.12. The van der Waals surface area contributed by atoms with Gasteiger partial charge in [-0.2, -0.15) is 0 Å². The number of carbonyl (C=O) groups is 1. The van der Waals surface area contributed by atoms with E-state index < -0.39 is 0 Å². The van der Waals surface area contributed by atoms with Crippen molar-refractivity contribution < 1.29 is 4.79 Å². The molecule has 1 amide bonds. The molecule has 0 radical (unpaired) electrons. The monoisotopic (exact) mass is 328 g/mol. The van der Waals surface area contributed by atoms with Crippen LogP contribution in [0.2, 0.25) is 5.02 Å². The Kier molecular flexibility index (Phi) is 5.31. The van der Waals surface area contributed by atoms with E-state index in [2.05, 4.69) is 22.8 Å². The molecule has 0 bridgehead atoms. The van der Waals surface area contributed by atoms with Gasteiger partial charge in [0.1, 0.15) is 0 Å². The van der Waals surface area contributed by atoms with E-state index in [9.17, 15) is 4.79 Å². The summed E-state index contributed by atoms with van der Waals surface area (Å²) in [5.74, 6) is 0.269. The van der Waals surface area contributed by atoms with Crippen molar-refractivity contribution in [1.82, 2.24) is 10.6 Å². The molecule has 0 saturated carbocycles. The fraction of sp³-hybridized carbons (Fsp3) is 0.316. The Labute approximate surface area is 142 Å². The summed E-state index contributed by atoms with van der Waals surface area (Å²) in [5.41, 5.74) is 2.37. The molecule has 3 nitrogen and oxygen atoms in total. The van der Waals surface area contributed by atoms with Gasteiger partial charge in [0.05, 0.1) is 5.92 Å². The average molecular weight is 329 g/mol. The first-order chi connectivity index (χ1) is 11.2. The highest BCUT2D eigenvalue weighted by atomic mass is 35.5. The van der Waals surface area contributed by atoms with Gasteiger partial charge in [0, 0.05) is 30.6 Å². The average Bonchev–Trinajstić information content (AvgIpc) is 3.05. The molecule has 2 N–H and O–H groups in total. The summed E-state index contributed by atoms with van der Waals surface area (Å²) >= 11 is 6.08. The first-order valence-electron chi connectivity index (χ1n) is 8.02. The van der Waals surface area contributed by atoms with Gasteiger partial charge in [0.25, 0.3) is 0 Å². The zero-order valence-corrected chi connectivity index (χ0v) is 13.7. The van der Waals surface area contributed by atoms with E-state index in [1.807, 2.05) is 42.5 Å². The molecule has 0 spiro atoms. The third-order valence-corrected chi connectivity index (χ3v) is 4.62. The summed E-state index contributed by atoms with van der Waals surface area (Å²) in [6.07, 6.45) is 0.856. The van der Waals surface area contributed by atoms with E-state index in [4.69, 9.17) is 11.6 Å². The number of amides is 1. The van der Waals surface area contributed by atoms with Crippen LogP contribution in [0.25, 0.3) is 0 Å². The van der Waals surface area contributed by atoms with E-state index in [1.54, 1.807) is 0 Å². The standard InChI is InChI=1S/C19H21ClN2O/c20-16-8-4-7-15(11-16)17-12-21-13-18(17)19(23)22-10-9-14-5-2-1-3-6-14/h1-8,11,17-18,21H,9-10,12-13H2,(H,22,23)/t17-,18+/m0/s1. The van der Waals surface area contributed by atoms with Gasteiger partial charge in [-0.1, -0.05) is 54.1 Å². The van der Waals surface area contributed by atoms with Gasteiger partial charge in [-0.25, -0.2) is 0 Å². The van der Waals surface area contributed by atoms with Gasteiger partial charge in [-0.15, -0.1) is 0 Å². The van der Waals surface area contributed by atoms with E-state index in [-0.39, 0.29) is 17.7 Å². The van der Waals surface area contributed by atoms with Crippen molar-refractivity contribution in [2.75, 3.05) is 19.6 Å². The Morgan fingerprint density at radius 3 is 2.74 bits per heavy atom.